The summed E-state index contributed by atoms with van der Waals surface area (Å²) in [4.78, 5) is 0. The molecule has 0 fully saturated rings. The van der Waals surface area contributed by atoms with E-state index >= 15 is 0 Å². The maximum absolute atomic E-state index is 13.0. The van der Waals surface area contributed by atoms with E-state index in [4.69, 9.17) is 0 Å². The summed E-state index contributed by atoms with van der Waals surface area (Å²) >= 11 is 0. The molecule has 108 valence electrons. The zero-order valence-electron chi connectivity index (χ0n) is 11.7. The van der Waals surface area contributed by atoms with Crippen LogP contribution in [0.25, 0.3) is 0 Å². The quantitative estimate of drug-likeness (QED) is 0.785. The first-order chi connectivity index (χ1) is 8.93. The van der Waals surface area contributed by atoms with Crippen LogP contribution in [0.5, 0.6) is 0 Å². The first-order valence-electron chi connectivity index (χ1n) is 6.77. The number of nitrogens with one attached hydrogen (secondary N) is 1. The Morgan fingerprint density at radius 2 is 1.68 bits per heavy atom. The second kappa shape index (κ2) is 6.94. The summed E-state index contributed by atoms with van der Waals surface area (Å²) in [5.41, 5.74) is -0.176. The SMILES string of the molecule is CCC(CC)CC(NC)c1ccccc1C(F)(F)F. The third kappa shape index (κ3) is 4.23. The standard InChI is InChI=1S/C15H22F3N/c1-4-11(5-2)10-14(19-3)12-8-6-7-9-13(12)15(16,17)18/h6-9,11,14,19H,4-5,10H2,1-3H3. The molecule has 1 rings (SSSR count). The molecule has 1 N–H and O–H groups in total. The highest BCUT2D eigenvalue weighted by Crippen LogP contribution is 2.36. The highest BCUT2D eigenvalue weighted by atomic mass is 19.4. The first-order valence-corrected chi connectivity index (χ1v) is 6.77. The molecule has 0 bridgehead atoms. The van der Waals surface area contributed by atoms with Gasteiger partial charge in [0.15, 0.2) is 0 Å². The summed E-state index contributed by atoms with van der Waals surface area (Å²) in [7, 11) is 1.72. The number of hydrogen-bond acceptors (Lipinski definition) is 1. The van der Waals surface area contributed by atoms with Gasteiger partial charge in [0.05, 0.1) is 5.56 Å². The van der Waals surface area contributed by atoms with E-state index in [-0.39, 0.29) is 6.04 Å². The Morgan fingerprint density at radius 1 is 1.11 bits per heavy atom. The molecule has 0 spiro atoms. The van der Waals surface area contributed by atoms with Crippen LogP contribution in [-0.2, 0) is 6.18 Å². The van der Waals surface area contributed by atoms with Crippen molar-refractivity contribution in [2.24, 2.45) is 5.92 Å². The van der Waals surface area contributed by atoms with E-state index in [2.05, 4.69) is 19.2 Å². The van der Waals surface area contributed by atoms with Gasteiger partial charge in [-0.3, -0.25) is 0 Å². The second-order valence-corrected chi connectivity index (χ2v) is 4.84. The minimum atomic E-state index is -4.29. The predicted octanol–water partition coefficient (Wildman–Crippen LogP) is 4.79. The molecule has 0 saturated heterocycles. The van der Waals surface area contributed by atoms with Crippen molar-refractivity contribution < 1.29 is 13.2 Å². The molecule has 0 aliphatic heterocycles. The van der Waals surface area contributed by atoms with Crippen molar-refractivity contribution in [3.63, 3.8) is 0 Å². The molecule has 1 aromatic carbocycles. The Bertz CT molecular complexity index is 383. The summed E-state index contributed by atoms with van der Waals surface area (Å²) in [6.45, 7) is 4.16. The van der Waals surface area contributed by atoms with Gasteiger partial charge in [-0.15, -0.1) is 0 Å². The van der Waals surface area contributed by atoms with Crippen LogP contribution in [0.2, 0.25) is 0 Å². The monoisotopic (exact) mass is 273 g/mol. The van der Waals surface area contributed by atoms with Crippen molar-refractivity contribution in [2.75, 3.05) is 7.05 Å². The van der Waals surface area contributed by atoms with Crippen molar-refractivity contribution in [1.29, 1.82) is 0 Å². The summed E-state index contributed by atoms with van der Waals surface area (Å²) in [6.07, 6.45) is -1.58. The van der Waals surface area contributed by atoms with Gasteiger partial charge in [-0.05, 0) is 31.0 Å². The Morgan fingerprint density at radius 3 is 2.16 bits per heavy atom. The molecule has 0 amide bonds. The molecule has 1 aromatic rings. The lowest BCUT2D eigenvalue weighted by Crippen LogP contribution is -2.23. The average molecular weight is 273 g/mol. The van der Waals surface area contributed by atoms with Crippen LogP contribution < -0.4 is 5.32 Å². The van der Waals surface area contributed by atoms with E-state index in [1.165, 1.54) is 6.07 Å². The van der Waals surface area contributed by atoms with Crippen LogP contribution in [0.4, 0.5) is 13.2 Å². The number of benzene rings is 1. The summed E-state index contributed by atoms with van der Waals surface area (Å²) in [5.74, 6) is 0.443. The van der Waals surface area contributed by atoms with Gasteiger partial charge in [-0.1, -0.05) is 44.9 Å². The van der Waals surface area contributed by atoms with Crippen LogP contribution in [0.3, 0.4) is 0 Å². The minimum Gasteiger partial charge on any atom is -0.313 e. The van der Waals surface area contributed by atoms with Gasteiger partial charge >= 0.3 is 6.18 Å². The van der Waals surface area contributed by atoms with Crippen molar-refractivity contribution in [3.05, 3.63) is 35.4 Å². The fraction of sp³-hybridized carbons (Fsp3) is 0.600. The van der Waals surface area contributed by atoms with E-state index in [1.807, 2.05) is 0 Å². The number of halogens is 3. The molecule has 0 aliphatic rings. The number of rotatable bonds is 6. The molecule has 1 atom stereocenters. The van der Waals surface area contributed by atoms with Crippen LogP contribution in [0, 0.1) is 5.92 Å². The summed E-state index contributed by atoms with van der Waals surface area (Å²) in [5, 5.41) is 3.03. The maximum atomic E-state index is 13.0. The van der Waals surface area contributed by atoms with E-state index in [1.54, 1.807) is 19.2 Å². The van der Waals surface area contributed by atoms with E-state index < -0.39 is 11.7 Å². The van der Waals surface area contributed by atoms with Gasteiger partial charge in [0.1, 0.15) is 0 Å². The predicted molar refractivity (Wildman–Crippen MR) is 71.9 cm³/mol. The molecule has 19 heavy (non-hydrogen) atoms. The van der Waals surface area contributed by atoms with Crippen LogP contribution in [0.1, 0.15) is 50.3 Å². The van der Waals surface area contributed by atoms with Gasteiger partial charge < -0.3 is 5.32 Å². The maximum Gasteiger partial charge on any atom is 0.416 e. The molecule has 0 radical (unpaired) electrons. The van der Waals surface area contributed by atoms with Crippen molar-refractivity contribution in [2.45, 2.75) is 45.3 Å². The first kappa shape index (κ1) is 16.0. The fourth-order valence-corrected chi connectivity index (χ4v) is 2.41. The minimum absolute atomic E-state index is 0.247. The lowest BCUT2D eigenvalue weighted by atomic mass is 9.89. The van der Waals surface area contributed by atoms with Crippen LogP contribution in [-0.4, -0.2) is 7.05 Å². The van der Waals surface area contributed by atoms with Gasteiger partial charge in [0.25, 0.3) is 0 Å². The lowest BCUT2D eigenvalue weighted by molar-refractivity contribution is -0.138. The smallest absolute Gasteiger partial charge is 0.313 e. The Labute approximate surface area is 113 Å². The summed E-state index contributed by atoms with van der Waals surface area (Å²) < 4.78 is 39.1. The normalized spacial score (nSPS) is 13.8. The van der Waals surface area contributed by atoms with E-state index in [0.29, 0.717) is 11.5 Å². The highest BCUT2D eigenvalue weighted by molar-refractivity contribution is 5.32. The van der Waals surface area contributed by atoms with Crippen LogP contribution >= 0.6 is 0 Å². The topological polar surface area (TPSA) is 12.0 Å². The third-order valence-corrected chi connectivity index (χ3v) is 3.71. The Hall–Kier alpha value is -1.03. The van der Waals surface area contributed by atoms with Gasteiger partial charge in [-0.25, -0.2) is 0 Å². The van der Waals surface area contributed by atoms with E-state index in [0.717, 1.165) is 25.3 Å². The zero-order chi connectivity index (χ0) is 14.5. The molecular formula is C15H22F3N. The molecule has 0 saturated carbocycles. The Kier molecular flexibility index (Phi) is 5.85. The highest BCUT2D eigenvalue weighted by Gasteiger charge is 2.34. The average Bonchev–Trinajstić information content (AvgIpc) is 2.39. The molecule has 4 heteroatoms. The largest absolute Gasteiger partial charge is 0.416 e. The lowest BCUT2D eigenvalue weighted by Gasteiger charge is -2.24. The zero-order valence-corrected chi connectivity index (χ0v) is 11.7. The number of hydrogen-bond donors (Lipinski definition) is 1. The molecule has 1 nitrogen and oxygen atoms in total. The van der Waals surface area contributed by atoms with Crippen molar-refractivity contribution >= 4 is 0 Å². The van der Waals surface area contributed by atoms with Gasteiger partial charge in [0, 0.05) is 6.04 Å². The molecule has 0 heterocycles. The molecular weight excluding hydrogens is 251 g/mol. The van der Waals surface area contributed by atoms with Gasteiger partial charge in [-0.2, -0.15) is 13.2 Å². The number of alkyl halides is 3. The van der Waals surface area contributed by atoms with Crippen LogP contribution in [0.15, 0.2) is 24.3 Å². The van der Waals surface area contributed by atoms with E-state index in [9.17, 15) is 13.2 Å². The third-order valence-electron chi connectivity index (χ3n) is 3.71. The van der Waals surface area contributed by atoms with Crippen molar-refractivity contribution in [1.82, 2.24) is 5.32 Å². The molecule has 1 unspecified atom stereocenters. The fourth-order valence-electron chi connectivity index (χ4n) is 2.41. The Balaban J connectivity index is 3.05. The summed E-state index contributed by atoms with van der Waals surface area (Å²) in [6, 6.07) is 5.60. The van der Waals surface area contributed by atoms with Crippen molar-refractivity contribution in [3.8, 4) is 0 Å². The molecule has 0 aromatic heterocycles. The molecule has 0 aliphatic carbocycles. The second-order valence-electron chi connectivity index (χ2n) is 4.84. The van der Waals surface area contributed by atoms with Gasteiger partial charge in [0.2, 0.25) is 0 Å².